The van der Waals surface area contributed by atoms with Gasteiger partial charge in [-0.1, -0.05) is 13.8 Å². The molecule has 1 heterocycles. The van der Waals surface area contributed by atoms with E-state index in [0.29, 0.717) is 37.2 Å². The fraction of sp³-hybridized carbons (Fsp3) is 0.588. The average Bonchev–Trinajstić information content (AvgIpc) is 2.56. The molecule has 0 saturated heterocycles. The number of nitrogens with one attached hydrogen (secondary N) is 1. The van der Waals surface area contributed by atoms with E-state index in [-0.39, 0.29) is 6.61 Å². The van der Waals surface area contributed by atoms with Crippen molar-refractivity contribution in [2.75, 3.05) is 26.8 Å². The van der Waals surface area contributed by atoms with Gasteiger partial charge in [0.2, 0.25) is 6.41 Å². The third-order valence-electron chi connectivity index (χ3n) is 3.87. The van der Waals surface area contributed by atoms with Gasteiger partial charge in [0, 0.05) is 25.7 Å². The minimum atomic E-state index is -0.580. The molecule has 0 aliphatic carbocycles. The van der Waals surface area contributed by atoms with E-state index in [1.54, 1.807) is 12.0 Å². The normalized spacial score (nSPS) is 15.3. The van der Waals surface area contributed by atoms with Crippen molar-refractivity contribution in [3.05, 3.63) is 23.3 Å². The molecule has 128 valence electrons. The van der Waals surface area contributed by atoms with E-state index in [4.69, 9.17) is 9.47 Å². The number of benzene rings is 1. The van der Waals surface area contributed by atoms with Crippen LogP contribution in [0, 0.1) is 0 Å². The lowest BCUT2D eigenvalue weighted by atomic mass is 9.99. The number of aliphatic hydroxyl groups is 1. The fourth-order valence-corrected chi connectivity index (χ4v) is 2.56. The maximum Gasteiger partial charge on any atom is 0.210 e. The molecule has 1 aromatic rings. The number of ether oxygens (including phenoxy) is 2. The number of carbonyl (C=O) groups is 1. The van der Waals surface area contributed by atoms with Crippen molar-refractivity contribution < 1.29 is 19.4 Å². The summed E-state index contributed by atoms with van der Waals surface area (Å²) < 4.78 is 11.1. The van der Waals surface area contributed by atoms with Gasteiger partial charge in [-0.2, -0.15) is 0 Å². The quantitative estimate of drug-likeness (QED) is 0.697. The summed E-state index contributed by atoms with van der Waals surface area (Å²) in [5, 5.41) is 13.1. The van der Waals surface area contributed by atoms with Crippen molar-refractivity contribution in [2.24, 2.45) is 0 Å². The highest BCUT2D eigenvalue weighted by Gasteiger charge is 2.19. The minimum Gasteiger partial charge on any atom is -0.493 e. The predicted octanol–water partition coefficient (Wildman–Crippen LogP) is 0.947. The van der Waals surface area contributed by atoms with E-state index in [1.807, 2.05) is 26.0 Å². The van der Waals surface area contributed by atoms with Crippen LogP contribution < -0.4 is 14.8 Å². The molecule has 1 aliphatic heterocycles. The first-order chi connectivity index (χ1) is 11.0. The summed E-state index contributed by atoms with van der Waals surface area (Å²) in [4.78, 5) is 12.7. The van der Waals surface area contributed by atoms with Crippen molar-refractivity contribution in [3.63, 3.8) is 0 Å². The molecule has 1 aromatic carbocycles. The maximum absolute atomic E-state index is 10.9. The van der Waals surface area contributed by atoms with Crippen LogP contribution in [-0.4, -0.2) is 55.4 Å². The highest BCUT2D eigenvalue weighted by atomic mass is 16.5. The molecule has 2 N–H and O–H groups in total. The lowest BCUT2D eigenvalue weighted by Gasteiger charge is -2.26. The summed E-state index contributed by atoms with van der Waals surface area (Å²) in [5.74, 6) is 1.26. The van der Waals surface area contributed by atoms with Crippen LogP contribution in [0.1, 0.15) is 25.0 Å². The number of amides is 1. The number of hydrogen-bond donors (Lipinski definition) is 2. The molecular formula is C17H26N2O4. The van der Waals surface area contributed by atoms with Gasteiger partial charge in [-0.25, -0.2) is 0 Å². The Labute approximate surface area is 137 Å². The summed E-state index contributed by atoms with van der Waals surface area (Å²) in [6.07, 6.45) is 1.09. The summed E-state index contributed by atoms with van der Waals surface area (Å²) in [6, 6.07) is 4.20. The molecule has 1 unspecified atom stereocenters. The van der Waals surface area contributed by atoms with Gasteiger partial charge in [-0.05, 0) is 29.7 Å². The third kappa shape index (κ3) is 4.84. The van der Waals surface area contributed by atoms with Crippen LogP contribution in [0.3, 0.4) is 0 Å². The molecule has 0 fully saturated rings. The van der Waals surface area contributed by atoms with Gasteiger partial charge in [0.1, 0.15) is 12.7 Å². The minimum absolute atomic E-state index is 0.204. The summed E-state index contributed by atoms with van der Waals surface area (Å²) in [5.41, 5.74) is 2.24. The Kier molecular flexibility index (Phi) is 6.24. The second kappa shape index (κ2) is 8.17. The molecule has 1 atom stereocenters. The smallest absolute Gasteiger partial charge is 0.210 e. The highest BCUT2D eigenvalue weighted by molar-refractivity contribution is 5.53. The Balaban J connectivity index is 2.03. The average molecular weight is 322 g/mol. The largest absolute Gasteiger partial charge is 0.493 e. The number of hydrogen-bond acceptors (Lipinski definition) is 5. The van der Waals surface area contributed by atoms with Crippen LogP contribution in [0.2, 0.25) is 0 Å². The molecule has 0 radical (unpaired) electrons. The number of fused-ring (bicyclic) bond motifs is 1. The monoisotopic (exact) mass is 322 g/mol. The Morgan fingerprint density at radius 2 is 2.09 bits per heavy atom. The molecule has 2 rings (SSSR count). The molecule has 23 heavy (non-hydrogen) atoms. The molecule has 6 heteroatoms. The topological polar surface area (TPSA) is 71.0 Å². The van der Waals surface area contributed by atoms with Crippen molar-refractivity contribution in [2.45, 2.75) is 39.0 Å². The summed E-state index contributed by atoms with van der Waals surface area (Å²) in [6.45, 7) is 6.06. The zero-order chi connectivity index (χ0) is 16.8. The van der Waals surface area contributed by atoms with Gasteiger partial charge >= 0.3 is 0 Å². The summed E-state index contributed by atoms with van der Waals surface area (Å²) >= 11 is 0. The molecule has 1 amide bonds. The van der Waals surface area contributed by atoms with Crippen LogP contribution in [0.4, 0.5) is 0 Å². The van der Waals surface area contributed by atoms with E-state index < -0.39 is 6.10 Å². The van der Waals surface area contributed by atoms with Gasteiger partial charge in [0.05, 0.1) is 7.11 Å². The second-order valence-electron chi connectivity index (χ2n) is 6.13. The van der Waals surface area contributed by atoms with Crippen LogP contribution in [0.5, 0.6) is 11.5 Å². The Morgan fingerprint density at radius 1 is 1.35 bits per heavy atom. The Bertz CT molecular complexity index is 534. The molecule has 0 spiro atoms. The number of methoxy groups -OCH3 is 1. The van der Waals surface area contributed by atoms with E-state index >= 15 is 0 Å². The molecule has 0 aromatic heterocycles. The first kappa shape index (κ1) is 17.6. The second-order valence-corrected chi connectivity index (χ2v) is 6.13. The number of nitrogens with zero attached hydrogens (tertiary/aromatic N) is 1. The Morgan fingerprint density at radius 3 is 2.74 bits per heavy atom. The highest BCUT2D eigenvalue weighted by Crippen LogP contribution is 2.33. The van der Waals surface area contributed by atoms with Crippen LogP contribution in [-0.2, 0) is 17.8 Å². The SMILES string of the molecule is COc1cc2c(cc1OCC(O)CNC(C)C)CCN(C=O)C2. The van der Waals surface area contributed by atoms with Gasteiger partial charge in [0.25, 0.3) is 0 Å². The molecule has 6 nitrogen and oxygen atoms in total. The fourth-order valence-electron chi connectivity index (χ4n) is 2.56. The van der Waals surface area contributed by atoms with Crippen molar-refractivity contribution in [1.82, 2.24) is 10.2 Å². The molecule has 0 saturated carbocycles. The lowest BCUT2D eigenvalue weighted by molar-refractivity contribution is -0.118. The van der Waals surface area contributed by atoms with Gasteiger partial charge < -0.3 is 24.8 Å². The maximum atomic E-state index is 10.9. The van der Waals surface area contributed by atoms with Crippen molar-refractivity contribution in [1.29, 1.82) is 0 Å². The van der Waals surface area contributed by atoms with Crippen LogP contribution >= 0.6 is 0 Å². The number of aliphatic hydroxyl groups excluding tert-OH is 1. The zero-order valence-electron chi connectivity index (χ0n) is 14.0. The van der Waals surface area contributed by atoms with E-state index in [1.165, 1.54) is 0 Å². The number of rotatable bonds is 8. The molecule has 1 aliphatic rings. The van der Waals surface area contributed by atoms with Crippen molar-refractivity contribution >= 4 is 6.41 Å². The van der Waals surface area contributed by atoms with Crippen LogP contribution in [0.15, 0.2) is 12.1 Å². The van der Waals surface area contributed by atoms with E-state index in [9.17, 15) is 9.90 Å². The van der Waals surface area contributed by atoms with Gasteiger partial charge in [-0.3, -0.25) is 4.79 Å². The van der Waals surface area contributed by atoms with Crippen LogP contribution in [0.25, 0.3) is 0 Å². The lowest BCUT2D eigenvalue weighted by Crippen LogP contribution is -2.35. The van der Waals surface area contributed by atoms with E-state index in [0.717, 1.165) is 24.0 Å². The first-order valence-corrected chi connectivity index (χ1v) is 7.96. The predicted molar refractivity (Wildman–Crippen MR) is 87.8 cm³/mol. The zero-order valence-corrected chi connectivity index (χ0v) is 14.0. The third-order valence-corrected chi connectivity index (χ3v) is 3.87. The van der Waals surface area contributed by atoms with Crippen molar-refractivity contribution in [3.8, 4) is 11.5 Å². The molecule has 0 bridgehead atoms. The summed E-state index contributed by atoms with van der Waals surface area (Å²) in [7, 11) is 1.59. The van der Waals surface area contributed by atoms with E-state index in [2.05, 4.69) is 5.32 Å². The standard InChI is InChI=1S/C17H26N2O4/c1-12(2)18-8-15(21)10-23-17-6-13-4-5-19(11-20)9-14(13)7-16(17)22-3/h6-7,11-12,15,18,21H,4-5,8-10H2,1-3H3. The number of carbonyl (C=O) groups excluding carboxylic acids is 1. The Hall–Kier alpha value is -1.79. The van der Waals surface area contributed by atoms with Gasteiger partial charge in [0.15, 0.2) is 11.5 Å². The first-order valence-electron chi connectivity index (χ1n) is 7.96. The molecular weight excluding hydrogens is 296 g/mol. The van der Waals surface area contributed by atoms with Gasteiger partial charge in [-0.15, -0.1) is 0 Å².